The van der Waals surface area contributed by atoms with Gasteiger partial charge in [0.1, 0.15) is 23.2 Å². The summed E-state index contributed by atoms with van der Waals surface area (Å²) in [4.78, 5) is 6.19. The van der Waals surface area contributed by atoms with Crippen molar-refractivity contribution >= 4 is 11.8 Å². The lowest BCUT2D eigenvalue weighted by Crippen LogP contribution is -2.08. The van der Waals surface area contributed by atoms with E-state index in [0.717, 1.165) is 39.3 Å². The highest BCUT2D eigenvalue weighted by Gasteiger charge is 2.21. The summed E-state index contributed by atoms with van der Waals surface area (Å²) in [5.74, 6) is 2.10. The maximum atomic E-state index is 6.11. The molecule has 0 spiro atoms. The third-order valence-electron chi connectivity index (χ3n) is 5.35. The third-order valence-corrected chi connectivity index (χ3v) is 6.47. The molecule has 0 bridgehead atoms. The molecule has 0 radical (unpaired) electrons. The van der Waals surface area contributed by atoms with Gasteiger partial charge in [-0.2, -0.15) is 0 Å². The van der Waals surface area contributed by atoms with Crippen LogP contribution in [0.3, 0.4) is 0 Å². The molecule has 33 heavy (non-hydrogen) atoms. The van der Waals surface area contributed by atoms with Gasteiger partial charge in [0.05, 0.1) is 19.4 Å². The topological polar surface area (TPSA) is 36.3 Å². The van der Waals surface area contributed by atoms with Gasteiger partial charge in [0, 0.05) is 11.4 Å². The molecule has 170 valence electrons. The van der Waals surface area contributed by atoms with E-state index in [1.807, 2.05) is 36.4 Å². The van der Waals surface area contributed by atoms with Crippen molar-refractivity contribution in [1.29, 1.82) is 0 Å². The van der Waals surface area contributed by atoms with Crippen molar-refractivity contribution in [3.05, 3.63) is 108 Å². The highest BCUT2D eigenvalue weighted by molar-refractivity contribution is 7.99. The summed E-state index contributed by atoms with van der Waals surface area (Å²) in [6, 6.07) is 29.0. The van der Waals surface area contributed by atoms with Gasteiger partial charge in [-0.05, 0) is 35.2 Å². The maximum absolute atomic E-state index is 6.11. The zero-order valence-electron chi connectivity index (χ0n) is 19.4. The van der Waals surface area contributed by atoms with Crippen LogP contribution in [-0.4, -0.2) is 16.7 Å². The Labute approximate surface area is 200 Å². The lowest BCUT2D eigenvalue weighted by Gasteiger charge is -2.14. The normalized spacial score (nSPS) is 11.2. The monoisotopic (exact) mass is 458 g/mol. The highest BCUT2D eigenvalue weighted by atomic mass is 32.2. The number of rotatable bonds is 10. The molecule has 0 amide bonds. The van der Waals surface area contributed by atoms with Crippen LogP contribution in [0.5, 0.6) is 5.75 Å². The van der Waals surface area contributed by atoms with E-state index in [2.05, 4.69) is 66.9 Å². The molecule has 0 atom stereocenters. The van der Waals surface area contributed by atoms with Crippen molar-refractivity contribution in [3.8, 4) is 5.75 Å². The van der Waals surface area contributed by atoms with Gasteiger partial charge in [-0.1, -0.05) is 92.3 Å². The van der Waals surface area contributed by atoms with Crippen molar-refractivity contribution in [2.75, 3.05) is 7.11 Å². The molecule has 4 aromatic rings. The van der Waals surface area contributed by atoms with Gasteiger partial charge in [0.2, 0.25) is 0 Å². The molecule has 0 aliphatic rings. The van der Waals surface area contributed by atoms with E-state index in [-0.39, 0.29) is 0 Å². The molecule has 3 aromatic carbocycles. The number of hydrogen-bond donors (Lipinski definition) is 0. The van der Waals surface area contributed by atoms with E-state index in [0.29, 0.717) is 19.1 Å². The van der Waals surface area contributed by atoms with E-state index >= 15 is 0 Å². The quantitative estimate of drug-likeness (QED) is 0.258. The molecular formula is C28H30N2O2S. The van der Waals surface area contributed by atoms with E-state index in [1.54, 1.807) is 18.9 Å². The van der Waals surface area contributed by atoms with Gasteiger partial charge in [-0.3, -0.25) is 0 Å². The zero-order chi connectivity index (χ0) is 23.0. The van der Waals surface area contributed by atoms with Crippen LogP contribution in [0.15, 0.2) is 94.9 Å². The predicted molar refractivity (Wildman–Crippen MR) is 134 cm³/mol. The molecule has 1 heterocycles. The summed E-state index contributed by atoms with van der Waals surface area (Å²) in [6.07, 6.45) is 0. The fourth-order valence-corrected chi connectivity index (χ4v) is 4.85. The van der Waals surface area contributed by atoms with Gasteiger partial charge in [0.25, 0.3) is 0 Å². The minimum Gasteiger partial charge on any atom is -0.497 e. The summed E-state index contributed by atoms with van der Waals surface area (Å²) < 4.78 is 13.9. The lowest BCUT2D eigenvalue weighted by molar-refractivity contribution is 0.0991. The van der Waals surface area contributed by atoms with Crippen molar-refractivity contribution in [2.24, 2.45) is 0 Å². The van der Waals surface area contributed by atoms with Crippen molar-refractivity contribution < 1.29 is 9.47 Å². The van der Waals surface area contributed by atoms with Crippen LogP contribution in [0, 0.1) is 0 Å². The average molecular weight is 459 g/mol. The molecule has 4 nitrogen and oxygen atoms in total. The minimum absolute atomic E-state index is 0.294. The minimum atomic E-state index is 0.294. The molecule has 5 heteroatoms. The van der Waals surface area contributed by atoms with Crippen LogP contribution in [0.25, 0.3) is 0 Å². The number of nitrogens with zero attached hydrogens (tertiary/aromatic N) is 2. The van der Waals surface area contributed by atoms with E-state index in [4.69, 9.17) is 14.5 Å². The Hall–Kier alpha value is -3.02. The molecule has 4 rings (SSSR count). The fraction of sp³-hybridized carbons (Fsp3) is 0.250. The van der Waals surface area contributed by atoms with E-state index in [1.165, 1.54) is 5.56 Å². The third kappa shape index (κ3) is 6.06. The number of aromatic nitrogens is 2. The first kappa shape index (κ1) is 23.1. The summed E-state index contributed by atoms with van der Waals surface area (Å²) in [7, 11) is 1.70. The largest absolute Gasteiger partial charge is 0.497 e. The number of methoxy groups -OCH3 is 1. The lowest BCUT2D eigenvalue weighted by atomic mass is 10.1. The van der Waals surface area contributed by atoms with Crippen LogP contribution < -0.4 is 4.74 Å². The van der Waals surface area contributed by atoms with Gasteiger partial charge < -0.3 is 14.0 Å². The summed E-state index contributed by atoms with van der Waals surface area (Å²) >= 11 is 1.73. The number of benzene rings is 3. The smallest absolute Gasteiger partial charge is 0.136 e. The Balaban J connectivity index is 1.67. The van der Waals surface area contributed by atoms with Gasteiger partial charge >= 0.3 is 0 Å². The van der Waals surface area contributed by atoms with E-state index < -0.39 is 0 Å². The standard InChI is InChI=1S/C28H30N2O2S/c1-21(2)27-28(33-25-16-10-15-24(17-25)31-3)30(18-22-11-6-4-7-12-22)26(29-27)20-32-19-23-13-8-5-9-14-23/h4-17,21H,18-20H2,1-3H3. The summed E-state index contributed by atoms with van der Waals surface area (Å²) in [6.45, 7) is 6.16. The summed E-state index contributed by atoms with van der Waals surface area (Å²) in [5.41, 5.74) is 3.49. The van der Waals surface area contributed by atoms with Gasteiger partial charge in [0.15, 0.2) is 0 Å². The number of hydrogen-bond acceptors (Lipinski definition) is 4. The van der Waals surface area contributed by atoms with Gasteiger partial charge in [-0.25, -0.2) is 4.98 Å². The molecule has 0 aliphatic heterocycles. The first-order valence-corrected chi connectivity index (χ1v) is 12.0. The van der Waals surface area contributed by atoms with Crippen LogP contribution in [0.1, 0.15) is 42.4 Å². The molecule has 0 saturated carbocycles. The average Bonchev–Trinajstić information content (AvgIpc) is 3.17. The van der Waals surface area contributed by atoms with Crippen LogP contribution >= 0.6 is 11.8 Å². The van der Waals surface area contributed by atoms with Crippen LogP contribution in [0.4, 0.5) is 0 Å². The zero-order valence-corrected chi connectivity index (χ0v) is 20.2. The van der Waals surface area contributed by atoms with Crippen LogP contribution in [0.2, 0.25) is 0 Å². The second-order valence-corrected chi connectivity index (χ2v) is 9.27. The summed E-state index contributed by atoms with van der Waals surface area (Å²) in [5, 5.41) is 1.15. The molecular weight excluding hydrogens is 428 g/mol. The van der Waals surface area contributed by atoms with Crippen molar-refractivity contribution in [3.63, 3.8) is 0 Å². The second kappa shape index (κ2) is 11.2. The van der Waals surface area contributed by atoms with E-state index in [9.17, 15) is 0 Å². The fourth-order valence-electron chi connectivity index (χ4n) is 3.64. The van der Waals surface area contributed by atoms with Crippen molar-refractivity contribution in [2.45, 2.75) is 49.4 Å². The molecule has 0 fully saturated rings. The predicted octanol–water partition coefficient (Wildman–Crippen LogP) is 6.93. The second-order valence-electron chi connectivity index (χ2n) is 8.20. The Bertz CT molecular complexity index is 1160. The molecule has 0 saturated heterocycles. The Morgan fingerprint density at radius 3 is 2.21 bits per heavy atom. The molecule has 0 aliphatic carbocycles. The highest BCUT2D eigenvalue weighted by Crippen LogP contribution is 2.36. The van der Waals surface area contributed by atoms with Crippen LogP contribution in [-0.2, 0) is 24.5 Å². The first-order chi connectivity index (χ1) is 16.1. The Morgan fingerprint density at radius 1 is 0.848 bits per heavy atom. The Kier molecular flexibility index (Phi) is 7.87. The Morgan fingerprint density at radius 2 is 1.55 bits per heavy atom. The van der Waals surface area contributed by atoms with Gasteiger partial charge in [-0.15, -0.1) is 0 Å². The molecule has 1 aromatic heterocycles. The maximum Gasteiger partial charge on any atom is 0.136 e. The van der Waals surface area contributed by atoms with Crippen molar-refractivity contribution in [1.82, 2.24) is 9.55 Å². The molecule has 0 unspecified atom stereocenters. The first-order valence-electron chi connectivity index (χ1n) is 11.2. The SMILES string of the molecule is COc1cccc(Sc2c(C(C)C)nc(COCc3ccccc3)n2Cc2ccccc2)c1. The number of ether oxygens (including phenoxy) is 2. The number of imidazole rings is 1. The molecule has 0 N–H and O–H groups in total.